The van der Waals surface area contributed by atoms with Gasteiger partial charge in [0.1, 0.15) is 0 Å². The van der Waals surface area contributed by atoms with Gasteiger partial charge in [-0.25, -0.2) is 4.98 Å². The van der Waals surface area contributed by atoms with Crippen molar-refractivity contribution in [2.45, 2.75) is 12.8 Å². The first-order valence-electron chi connectivity index (χ1n) is 4.67. The molecular weight excluding hydrogens is 230 g/mol. The van der Waals surface area contributed by atoms with Gasteiger partial charge in [0.2, 0.25) is 5.95 Å². The van der Waals surface area contributed by atoms with Gasteiger partial charge in [0.15, 0.2) is 5.15 Å². The molecule has 0 aliphatic carbocycles. The number of imidazole rings is 1. The van der Waals surface area contributed by atoms with E-state index < -0.39 is 0 Å². The molecule has 2 aromatic heterocycles. The van der Waals surface area contributed by atoms with Crippen molar-refractivity contribution in [2.24, 2.45) is 7.05 Å². The number of anilines is 1. The minimum Gasteiger partial charge on any atom is -0.369 e. The van der Waals surface area contributed by atoms with Crippen molar-refractivity contribution in [3.8, 4) is 0 Å². The highest BCUT2D eigenvalue weighted by atomic mass is 35.5. The molecule has 0 fully saturated rings. The van der Waals surface area contributed by atoms with Gasteiger partial charge in [-0.2, -0.15) is 0 Å². The Morgan fingerprint density at radius 3 is 2.87 bits per heavy atom. The fourth-order valence-corrected chi connectivity index (χ4v) is 2.50. The zero-order chi connectivity index (χ0) is 10.8. The first kappa shape index (κ1) is 10.5. The van der Waals surface area contributed by atoms with Crippen molar-refractivity contribution in [3.05, 3.63) is 33.2 Å². The molecule has 0 aliphatic heterocycles. The SMILES string of the molecule is Cn1c(N)nc(Cl)c1CCc1cccs1. The predicted molar refractivity (Wildman–Crippen MR) is 64.4 cm³/mol. The van der Waals surface area contributed by atoms with E-state index >= 15 is 0 Å². The number of halogens is 1. The normalized spacial score (nSPS) is 10.8. The van der Waals surface area contributed by atoms with Crippen LogP contribution in [0.3, 0.4) is 0 Å². The molecule has 15 heavy (non-hydrogen) atoms. The Labute approximate surface area is 97.5 Å². The van der Waals surface area contributed by atoms with Gasteiger partial charge in [-0.3, -0.25) is 0 Å². The summed E-state index contributed by atoms with van der Waals surface area (Å²) in [6.45, 7) is 0. The monoisotopic (exact) mass is 241 g/mol. The summed E-state index contributed by atoms with van der Waals surface area (Å²) < 4.78 is 1.84. The molecular formula is C10H12ClN3S. The van der Waals surface area contributed by atoms with E-state index in [0.29, 0.717) is 11.1 Å². The van der Waals surface area contributed by atoms with Gasteiger partial charge >= 0.3 is 0 Å². The van der Waals surface area contributed by atoms with Crippen LogP contribution < -0.4 is 5.73 Å². The molecule has 0 aromatic carbocycles. The van der Waals surface area contributed by atoms with E-state index in [-0.39, 0.29) is 0 Å². The first-order chi connectivity index (χ1) is 7.18. The zero-order valence-electron chi connectivity index (χ0n) is 8.40. The summed E-state index contributed by atoms with van der Waals surface area (Å²) >= 11 is 7.74. The molecule has 0 saturated carbocycles. The lowest BCUT2D eigenvalue weighted by Crippen LogP contribution is -2.02. The van der Waals surface area contributed by atoms with Gasteiger partial charge in [-0.05, 0) is 24.3 Å². The smallest absolute Gasteiger partial charge is 0.201 e. The van der Waals surface area contributed by atoms with Crippen molar-refractivity contribution in [3.63, 3.8) is 0 Å². The molecule has 2 N–H and O–H groups in total. The van der Waals surface area contributed by atoms with Crippen LogP contribution in [0, 0.1) is 0 Å². The van der Waals surface area contributed by atoms with Crippen molar-refractivity contribution >= 4 is 28.9 Å². The largest absolute Gasteiger partial charge is 0.369 e. The molecule has 0 spiro atoms. The van der Waals surface area contributed by atoms with Crippen molar-refractivity contribution in [1.82, 2.24) is 9.55 Å². The number of nitrogen functional groups attached to an aromatic ring is 1. The maximum Gasteiger partial charge on any atom is 0.201 e. The lowest BCUT2D eigenvalue weighted by Gasteiger charge is -2.02. The molecule has 80 valence electrons. The highest BCUT2D eigenvalue weighted by Crippen LogP contribution is 2.20. The third-order valence-corrected chi connectivity index (χ3v) is 3.63. The van der Waals surface area contributed by atoms with Gasteiger partial charge in [0.05, 0.1) is 5.69 Å². The molecule has 3 nitrogen and oxygen atoms in total. The van der Waals surface area contributed by atoms with Crippen molar-refractivity contribution < 1.29 is 0 Å². The molecule has 2 aromatic rings. The minimum atomic E-state index is 0.473. The third-order valence-electron chi connectivity index (χ3n) is 2.39. The van der Waals surface area contributed by atoms with Crippen LogP contribution in [0.25, 0.3) is 0 Å². The maximum absolute atomic E-state index is 5.98. The number of nitrogens with two attached hydrogens (primary N) is 1. The van der Waals surface area contributed by atoms with Gasteiger partial charge in [0, 0.05) is 11.9 Å². The lowest BCUT2D eigenvalue weighted by molar-refractivity contribution is 0.812. The van der Waals surface area contributed by atoms with E-state index in [2.05, 4.69) is 22.5 Å². The lowest BCUT2D eigenvalue weighted by atomic mass is 10.2. The topological polar surface area (TPSA) is 43.8 Å². The standard InChI is InChI=1S/C10H12ClN3S/c1-14-8(9(11)13-10(14)12)5-4-7-3-2-6-15-7/h2-3,6H,4-5H2,1H3,(H2,12,13). The quantitative estimate of drug-likeness (QED) is 0.898. The number of aromatic nitrogens is 2. The van der Waals surface area contributed by atoms with Gasteiger partial charge in [0.25, 0.3) is 0 Å². The summed E-state index contributed by atoms with van der Waals surface area (Å²) in [5.74, 6) is 0.473. The number of aryl methyl sites for hydroxylation is 1. The summed E-state index contributed by atoms with van der Waals surface area (Å²) in [5, 5.41) is 2.60. The van der Waals surface area contributed by atoms with Gasteiger partial charge < -0.3 is 10.3 Å². The molecule has 0 aliphatic rings. The zero-order valence-corrected chi connectivity index (χ0v) is 9.98. The highest BCUT2D eigenvalue weighted by Gasteiger charge is 2.10. The number of hydrogen-bond donors (Lipinski definition) is 1. The molecule has 0 radical (unpaired) electrons. The van der Waals surface area contributed by atoms with Crippen LogP contribution in [0.4, 0.5) is 5.95 Å². The van der Waals surface area contributed by atoms with Crippen LogP contribution in [-0.4, -0.2) is 9.55 Å². The van der Waals surface area contributed by atoms with Gasteiger partial charge in [-0.1, -0.05) is 17.7 Å². The molecule has 0 saturated heterocycles. The average Bonchev–Trinajstić information content (AvgIpc) is 2.76. The minimum absolute atomic E-state index is 0.473. The van der Waals surface area contributed by atoms with Crippen LogP contribution in [0.2, 0.25) is 5.15 Å². The van der Waals surface area contributed by atoms with E-state index in [9.17, 15) is 0 Å². The van der Waals surface area contributed by atoms with Crippen LogP contribution in [0.15, 0.2) is 17.5 Å². The van der Waals surface area contributed by atoms with Crippen molar-refractivity contribution in [2.75, 3.05) is 5.73 Å². The van der Waals surface area contributed by atoms with Crippen LogP contribution in [0.5, 0.6) is 0 Å². The summed E-state index contributed by atoms with van der Waals surface area (Å²) in [7, 11) is 1.89. The van der Waals surface area contributed by atoms with Crippen molar-refractivity contribution in [1.29, 1.82) is 0 Å². The molecule has 0 bridgehead atoms. The Morgan fingerprint density at radius 2 is 2.33 bits per heavy atom. The average molecular weight is 242 g/mol. The molecule has 0 amide bonds. The van der Waals surface area contributed by atoms with E-state index in [1.165, 1.54) is 4.88 Å². The van der Waals surface area contributed by atoms with Crippen LogP contribution in [0.1, 0.15) is 10.6 Å². The fraction of sp³-hybridized carbons (Fsp3) is 0.300. The third kappa shape index (κ3) is 2.16. The molecule has 2 rings (SSSR count). The van der Waals surface area contributed by atoms with E-state index in [1.54, 1.807) is 11.3 Å². The number of nitrogens with zero attached hydrogens (tertiary/aromatic N) is 2. The summed E-state index contributed by atoms with van der Waals surface area (Å²) in [5.41, 5.74) is 6.66. The molecule has 5 heteroatoms. The second-order valence-electron chi connectivity index (χ2n) is 3.35. The Hall–Kier alpha value is -1.00. The van der Waals surface area contributed by atoms with E-state index in [1.807, 2.05) is 11.6 Å². The number of rotatable bonds is 3. The first-order valence-corrected chi connectivity index (χ1v) is 5.93. The second kappa shape index (κ2) is 4.24. The Morgan fingerprint density at radius 1 is 1.53 bits per heavy atom. The summed E-state index contributed by atoms with van der Waals surface area (Å²) in [4.78, 5) is 5.37. The molecule has 2 heterocycles. The van der Waals surface area contributed by atoms with E-state index in [0.717, 1.165) is 18.5 Å². The Bertz CT molecular complexity index is 447. The summed E-state index contributed by atoms with van der Waals surface area (Å²) in [6, 6.07) is 4.18. The van der Waals surface area contributed by atoms with Crippen LogP contribution in [-0.2, 0) is 19.9 Å². The summed E-state index contributed by atoms with van der Waals surface area (Å²) in [6.07, 6.45) is 1.86. The Kier molecular flexibility index (Phi) is 2.98. The van der Waals surface area contributed by atoms with Gasteiger partial charge in [-0.15, -0.1) is 11.3 Å². The predicted octanol–water partition coefficient (Wildman–Crippen LogP) is 2.50. The van der Waals surface area contributed by atoms with E-state index in [4.69, 9.17) is 17.3 Å². The fourth-order valence-electron chi connectivity index (χ4n) is 1.48. The second-order valence-corrected chi connectivity index (χ2v) is 4.74. The number of hydrogen-bond acceptors (Lipinski definition) is 3. The molecule has 0 unspecified atom stereocenters. The van der Waals surface area contributed by atoms with Crippen LogP contribution >= 0.6 is 22.9 Å². The maximum atomic E-state index is 5.98. The Balaban J connectivity index is 2.11. The number of thiophene rings is 1. The molecule has 0 atom stereocenters. The highest BCUT2D eigenvalue weighted by molar-refractivity contribution is 7.09.